The van der Waals surface area contributed by atoms with Gasteiger partial charge < -0.3 is 10.1 Å². The van der Waals surface area contributed by atoms with E-state index in [-0.39, 0.29) is 24.1 Å². The van der Waals surface area contributed by atoms with Crippen molar-refractivity contribution in [2.45, 2.75) is 18.9 Å². The van der Waals surface area contributed by atoms with E-state index in [1.807, 2.05) is 18.2 Å². The van der Waals surface area contributed by atoms with Gasteiger partial charge in [0.05, 0.1) is 29.7 Å². The molecule has 1 atom stereocenters. The molecule has 1 aliphatic heterocycles. The zero-order valence-electron chi connectivity index (χ0n) is 14.8. The van der Waals surface area contributed by atoms with E-state index >= 15 is 0 Å². The number of aromatic nitrogens is 1. The van der Waals surface area contributed by atoms with Gasteiger partial charge in [-0.05, 0) is 17.5 Å². The summed E-state index contributed by atoms with van der Waals surface area (Å²) < 4.78 is 5.78. The Morgan fingerprint density at radius 2 is 2.14 bits per heavy atom. The molecule has 0 spiro atoms. The molecule has 1 amide bonds. The molecule has 28 heavy (non-hydrogen) atoms. The van der Waals surface area contributed by atoms with E-state index in [0.29, 0.717) is 23.0 Å². The normalized spacial score (nSPS) is 15.6. The first-order valence-electron chi connectivity index (χ1n) is 8.80. The van der Waals surface area contributed by atoms with Crippen molar-refractivity contribution in [2.75, 3.05) is 11.9 Å². The van der Waals surface area contributed by atoms with Gasteiger partial charge in [-0.1, -0.05) is 36.4 Å². The van der Waals surface area contributed by atoms with Crippen LogP contribution in [0.15, 0.2) is 53.9 Å². The highest BCUT2D eigenvalue weighted by atomic mass is 32.1. The third-order valence-electron chi connectivity index (χ3n) is 4.57. The molecule has 1 aliphatic rings. The molecule has 0 saturated heterocycles. The maximum atomic E-state index is 12.5. The molecular weight excluding hydrogens is 378 g/mol. The van der Waals surface area contributed by atoms with Crippen LogP contribution >= 0.6 is 11.3 Å². The number of amides is 1. The van der Waals surface area contributed by atoms with Crippen LogP contribution in [0.5, 0.6) is 0 Å². The molecule has 2 aromatic carbocycles. The van der Waals surface area contributed by atoms with Crippen LogP contribution in [0.4, 0.5) is 10.8 Å². The van der Waals surface area contributed by atoms with Crippen molar-refractivity contribution in [3.8, 4) is 11.3 Å². The minimum absolute atomic E-state index is 0.00389. The summed E-state index contributed by atoms with van der Waals surface area (Å²) >= 11 is 1.28. The number of nitrogens with zero attached hydrogens (tertiary/aromatic N) is 2. The summed E-state index contributed by atoms with van der Waals surface area (Å²) in [5.41, 5.74) is 3.50. The number of thiazole rings is 1. The molecule has 0 saturated carbocycles. The van der Waals surface area contributed by atoms with Crippen LogP contribution in [-0.4, -0.2) is 22.4 Å². The molecule has 1 N–H and O–H groups in total. The van der Waals surface area contributed by atoms with Crippen LogP contribution in [0.3, 0.4) is 0 Å². The Hall–Kier alpha value is -3.10. The molecule has 0 fully saturated rings. The summed E-state index contributed by atoms with van der Waals surface area (Å²) in [5.74, 6) is -0.179. The molecule has 1 unspecified atom stereocenters. The van der Waals surface area contributed by atoms with Crippen LogP contribution in [-0.2, 0) is 16.0 Å². The zero-order chi connectivity index (χ0) is 19.5. The molecule has 3 aromatic rings. The summed E-state index contributed by atoms with van der Waals surface area (Å²) in [5, 5.41) is 16.0. The van der Waals surface area contributed by atoms with Gasteiger partial charge in [0.15, 0.2) is 5.13 Å². The molecule has 1 aromatic heterocycles. The maximum Gasteiger partial charge on any atom is 0.270 e. The van der Waals surface area contributed by atoms with E-state index in [4.69, 9.17) is 4.74 Å². The van der Waals surface area contributed by atoms with Crippen molar-refractivity contribution < 1.29 is 14.5 Å². The van der Waals surface area contributed by atoms with Crippen molar-refractivity contribution in [2.24, 2.45) is 0 Å². The number of non-ortho nitro benzene ring substituents is 1. The first-order valence-corrected chi connectivity index (χ1v) is 9.68. The Balaban J connectivity index is 1.44. The number of hydrogen-bond acceptors (Lipinski definition) is 6. The summed E-state index contributed by atoms with van der Waals surface area (Å²) in [4.78, 5) is 27.3. The zero-order valence-corrected chi connectivity index (χ0v) is 15.6. The summed E-state index contributed by atoms with van der Waals surface area (Å²) in [7, 11) is 0. The Kier molecular flexibility index (Phi) is 5.14. The molecule has 0 radical (unpaired) electrons. The highest BCUT2D eigenvalue weighted by Crippen LogP contribution is 2.31. The van der Waals surface area contributed by atoms with Gasteiger partial charge in [0.2, 0.25) is 5.91 Å². The summed E-state index contributed by atoms with van der Waals surface area (Å²) in [6.07, 6.45) is 0.803. The Bertz CT molecular complexity index is 1030. The molecule has 7 nitrogen and oxygen atoms in total. The van der Waals surface area contributed by atoms with Gasteiger partial charge in [-0.25, -0.2) is 4.98 Å². The monoisotopic (exact) mass is 395 g/mol. The lowest BCUT2D eigenvalue weighted by atomic mass is 9.96. The quantitative estimate of drug-likeness (QED) is 0.512. The van der Waals surface area contributed by atoms with Crippen molar-refractivity contribution in [3.05, 3.63) is 75.2 Å². The fourth-order valence-corrected chi connectivity index (χ4v) is 3.96. The number of carbonyl (C=O) groups excluding carboxylic acids is 1. The highest BCUT2D eigenvalue weighted by Gasteiger charge is 2.23. The average Bonchev–Trinajstić information content (AvgIpc) is 3.17. The van der Waals surface area contributed by atoms with E-state index in [1.54, 1.807) is 17.5 Å². The second-order valence-corrected chi connectivity index (χ2v) is 7.26. The smallest absolute Gasteiger partial charge is 0.270 e. The van der Waals surface area contributed by atoms with Gasteiger partial charge in [-0.2, -0.15) is 0 Å². The SMILES string of the molecule is O=C(CC1OCCc2ccccc21)Nc1nc(-c2cccc([N+](=O)[O-])c2)cs1. The maximum absolute atomic E-state index is 12.5. The molecule has 0 bridgehead atoms. The summed E-state index contributed by atoms with van der Waals surface area (Å²) in [6, 6.07) is 14.3. The molecule has 142 valence electrons. The Morgan fingerprint density at radius 1 is 1.29 bits per heavy atom. The number of nitro groups is 1. The van der Waals surface area contributed by atoms with E-state index in [1.165, 1.54) is 29.0 Å². The largest absolute Gasteiger partial charge is 0.373 e. The van der Waals surface area contributed by atoms with Crippen LogP contribution in [0, 0.1) is 10.1 Å². The minimum atomic E-state index is -0.444. The lowest BCUT2D eigenvalue weighted by molar-refractivity contribution is -0.384. The number of fused-ring (bicyclic) bond motifs is 1. The van der Waals surface area contributed by atoms with Crippen LogP contribution < -0.4 is 5.32 Å². The van der Waals surface area contributed by atoms with E-state index < -0.39 is 4.92 Å². The first kappa shape index (κ1) is 18.3. The van der Waals surface area contributed by atoms with Gasteiger partial charge >= 0.3 is 0 Å². The number of rotatable bonds is 5. The van der Waals surface area contributed by atoms with Crippen molar-refractivity contribution in [1.82, 2.24) is 4.98 Å². The standard InChI is InChI=1S/C20H17N3O4S/c24-19(11-18-16-7-2-1-4-13(16)8-9-27-18)22-20-21-17(12-28-20)14-5-3-6-15(10-14)23(25)26/h1-7,10,12,18H,8-9,11H2,(H,21,22,24). The van der Waals surface area contributed by atoms with Crippen molar-refractivity contribution >= 4 is 28.1 Å². The van der Waals surface area contributed by atoms with Crippen molar-refractivity contribution in [3.63, 3.8) is 0 Å². The topological polar surface area (TPSA) is 94.4 Å². The molecule has 4 rings (SSSR count). The number of nitrogens with one attached hydrogen (secondary N) is 1. The van der Waals surface area contributed by atoms with Crippen LogP contribution in [0.1, 0.15) is 23.7 Å². The fraction of sp³-hybridized carbons (Fsp3) is 0.200. The second kappa shape index (κ2) is 7.87. The first-order chi connectivity index (χ1) is 13.6. The third-order valence-corrected chi connectivity index (χ3v) is 5.32. The molecule has 2 heterocycles. The van der Waals surface area contributed by atoms with E-state index in [2.05, 4.69) is 16.4 Å². The van der Waals surface area contributed by atoms with Gasteiger partial charge in [0.25, 0.3) is 5.69 Å². The number of benzene rings is 2. The Labute approximate surface area is 165 Å². The number of nitro benzene ring substituents is 1. The van der Waals surface area contributed by atoms with E-state index in [0.717, 1.165) is 12.0 Å². The third kappa shape index (κ3) is 3.92. The Morgan fingerprint density at radius 3 is 3.00 bits per heavy atom. The summed E-state index contributed by atoms with van der Waals surface area (Å²) in [6.45, 7) is 0.600. The lowest BCUT2D eigenvalue weighted by Crippen LogP contribution is -2.22. The van der Waals surface area contributed by atoms with Gasteiger partial charge in [0.1, 0.15) is 0 Å². The number of ether oxygens (including phenoxy) is 1. The molecule has 8 heteroatoms. The van der Waals surface area contributed by atoms with E-state index in [9.17, 15) is 14.9 Å². The lowest BCUT2D eigenvalue weighted by Gasteiger charge is -2.25. The number of anilines is 1. The second-order valence-electron chi connectivity index (χ2n) is 6.41. The molecular formula is C20H17N3O4S. The van der Waals surface area contributed by atoms with Gasteiger partial charge in [-0.3, -0.25) is 14.9 Å². The van der Waals surface area contributed by atoms with Crippen LogP contribution in [0.25, 0.3) is 11.3 Å². The predicted molar refractivity (Wildman–Crippen MR) is 106 cm³/mol. The van der Waals surface area contributed by atoms with Crippen LogP contribution in [0.2, 0.25) is 0 Å². The van der Waals surface area contributed by atoms with Gasteiger partial charge in [-0.15, -0.1) is 11.3 Å². The van der Waals surface area contributed by atoms with Crippen molar-refractivity contribution in [1.29, 1.82) is 0 Å². The minimum Gasteiger partial charge on any atom is -0.373 e. The number of hydrogen-bond donors (Lipinski definition) is 1. The number of carbonyl (C=O) groups is 1. The van der Waals surface area contributed by atoms with Gasteiger partial charge in [0, 0.05) is 23.1 Å². The average molecular weight is 395 g/mol. The predicted octanol–water partition coefficient (Wildman–Crippen LogP) is 4.36. The fourth-order valence-electron chi connectivity index (χ4n) is 3.23. The highest BCUT2D eigenvalue weighted by molar-refractivity contribution is 7.14. The molecule has 0 aliphatic carbocycles.